The van der Waals surface area contributed by atoms with Crippen LogP contribution in [0, 0.1) is 5.92 Å². The molecule has 0 aliphatic carbocycles. The number of carboxylic acid groups (broad SMARTS) is 1. The molecule has 2 rings (SSSR count). The number of aromatic carboxylic acids is 1. The second-order valence-corrected chi connectivity index (χ2v) is 7.97. The number of aldehydes is 1. The molecule has 1 unspecified atom stereocenters. The molecule has 0 aromatic carbocycles. The lowest BCUT2D eigenvalue weighted by atomic mass is 9.89. The van der Waals surface area contributed by atoms with E-state index >= 15 is 0 Å². The summed E-state index contributed by atoms with van der Waals surface area (Å²) >= 11 is 0. The number of pyridine rings is 1. The van der Waals surface area contributed by atoms with Crippen LogP contribution in [0.5, 0.6) is 0 Å². The van der Waals surface area contributed by atoms with Gasteiger partial charge in [-0.2, -0.15) is 0 Å². The summed E-state index contributed by atoms with van der Waals surface area (Å²) in [5.74, 6) is -1.81. The highest BCUT2D eigenvalue weighted by Gasteiger charge is 2.42. The molecule has 8 heteroatoms. The Kier molecular flexibility index (Phi) is 6.38. The minimum atomic E-state index is -1.49. The highest BCUT2D eigenvalue weighted by atomic mass is 16.4. The molecule has 0 radical (unpaired) electrons. The molecule has 0 spiro atoms. The quantitative estimate of drug-likeness (QED) is 0.592. The summed E-state index contributed by atoms with van der Waals surface area (Å²) in [7, 11) is 8.50. The van der Waals surface area contributed by atoms with Crippen molar-refractivity contribution in [3.05, 3.63) is 29.1 Å². The Balaban J connectivity index is 0.000000597. The number of carboxylic acids is 1. The lowest BCUT2D eigenvalue weighted by Gasteiger charge is -2.21. The molecule has 26 heavy (non-hydrogen) atoms. The summed E-state index contributed by atoms with van der Waals surface area (Å²) in [4.78, 5) is 42.1. The van der Waals surface area contributed by atoms with Crippen molar-refractivity contribution in [2.75, 3.05) is 28.2 Å². The van der Waals surface area contributed by atoms with E-state index in [-0.39, 0.29) is 34.5 Å². The van der Waals surface area contributed by atoms with Crippen molar-refractivity contribution in [1.29, 1.82) is 0 Å². The van der Waals surface area contributed by atoms with E-state index in [0.29, 0.717) is 6.29 Å². The van der Waals surface area contributed by atoms with Gasteiger partial charge in [0.15, 0.2) is 12.1 Å². The lowest BCUT2D eigenvalue weighted by Crippen LogP contribution is -2.41. The first-order valence-corrected chi connectivity index (χ1v) is 8.16. The molecule has 142 valence electrons. The van der Waals surface area contributed by atoms with Gasteiger partial charge in [-0.15, -0.1) is 0 Å². The van der Waals surface area contributed by atoms with Gasteiger partial charge >= 0.3 is 0 Å². The minimum absolute atomic E-state index is 0.0154. The Bertz CT molecular complexity index is 744. The van der Waals surface area contributed by atoms with Crippen LogP contribution in [0.2, 0.25) is 0 Å². The topological polar surface area (TPSA) is 112 Å². The van der Waals surface area contributed by atoms with Gasteiger partial charge in [-0.05, 0) is 18.9 Å². The van der Waals surface area contributed by atoms with E-state index in [1.165, 1.54) is 6.20 Å². The van der Waals surface area contributed by atoms with Crippen LogP contribution in [0.4, 0.5) is 0 Å². The predicted molar refractivity (Wildman–Crippen MR) is 95.8 cm³/mol. The largest absolute Gasteiger partial charge is 0.545 e. The van der Waals surface area contributed by atoms with E-state index in [9.17, 15) is 19.5 Å². The van der Waals surface area contributed by atoms with Crippen LogP contribution in [-0.2, 0) is 4.79 Å². The number of carbonyl (C=O) groups excluding carboxylic acids is 3. The highest BCUT2D eigenvalue weighted by molar-refractivity contribution is 6.17. The van der Waals surface area contributed by atoms with E-state index in [1.54, 1.807) is 6.92 Å². The first kappa shape index (κ1) is 21.4. The van der Waals surface area contributed by atoms with Gasteiger partial charge in [0.05, 0.1) is 34.2 Å². The van der Waals surface area contributed by atoms with Crippen molar-refractivity contribution in [2.24, 2.45) is 10.9 Å². The molecule has 1 N–H and O–H groups in total. The van der Waals surface area contributed by atoms with Gasteiger partial charge in [0.2, 0.25) is 0 Å². The van der Waals surface area contributed by atoms with Crippen LogP contribution in [0.15, 0.2) is 17.3 Å². The van der Waals surface area contributed by atoms with Crippen molar-refractivity contribution in [3.8, 4) is 0 Å². The molecule has 0 saturated heterocycles. The maximum atomic E-state index is 12.1. The Morgan fingerprint density at radius 3 is 2.23 bits per heavy atom. The number of nitrogens with zero attached hydrogens (tertiary/aromatic N) is 3. The Hall–Kier alpha value is -2.61. The van der Waals surface area contributed by atoms with E-state index in [2.05, 4.69) is 43.5 Å². The minimum Gasteiger partial charge on any atom is -0.545 e. The molecular formula is C18H26N4O4. The van der Waals surface area contributed by atoms with Crippen LogP contribution in [0.1, 0.15) is 47.2 Å². The lowest BCUT2D eigenvalue weighted by molar-refractivity contribution is -0.849. The zero-order valence-corrected chi connectivity index (χ0v) is 16.3. The number of amidine groups is 1. The number of aromatic nitrogens is 1. The number of rotatable bonds is 4. The van der Waals surface area contributed by atoms with Crippen molar-refractivity contribution >= 4 is 24.0 Å². The van der Waals surface area contributed by atoms with Crippen molar-refractivity contribution in [2.45, 2.75) is 26.3 Å². The van der Waals surface area contributed by atoms with Crippen molar-refractivity contribution < 1.29 is 24.0 Å². The van der Waals surface area contributed by atoms with E-state index in [0.717, 1.165) is 10.5 Å². The Morgan fingerprint density at radius 2 is 1.85 bits per heavy atom. The second kappa shape index (κ2) is 7.74. The molecule has 0 fully saturated rings. The molecule has 1 aromatic heterocycles. The van der Waals surface area contributed by atoms with Gasteiger partial charge < -0.3 is 19.7 Å². The molecule has 1 aliphatic heterocycles. The van der Waals surface area contributed by atoms with Gasteiger partial charge in [-0.3, -0.25) is 14.6 Å². The maximum Gasteiger partial charge on any atom is 0.253 e. The summed E-state index contributed by atoms with van der Waals surface area (Å²) in [6, 6.07) is 1.14. The van der Waals surface area contributed by atoms with E-state index < -0.39 is 11.5 Å². The standard InChI is InChI=1S/C14H15N3O4.C4H12N/c1-7(2)14(3)13(21)16-11(17-14)10-9(12(19)20)4-8(6-18)5-15-10;1-5(2,3)4/h4-7H,1-3H3,(H,19,20)(H,16,17,21);1-4H3/q;+1/p-1. The molecular weight excluding hydrogens is 336 g/mol. The summed E-state index contributed by atoms with van der Waals surface area (Å²) in [6.07, 6.45) is 1.70. The van der Waals surface area contributed by atoms with Crippen LogP contribution in [-0.4, -0.2) is 67.2 Å². The number of quaternary nitrogens is 1. The summed E-state index contributed by atoms with van der Waals surface area (Å²) in [5, 5.41) is 13.7. The smallest absolute Gasteiger partial charge is 0.253 e. The third-order valence-corrected chi connectivity index (χ3v) is 3.65. The molecule has 1 aromatic rings. The number of aliphatic imine (C=N–C) groups is 1. The normalized spacial score (nSPS) is 19.4. The number of hydrogen-bond donors (Lipinski definition) is 1. The summed E-state index contributed by atoms with van der Waals surface area (Å²) in [6.45, 7) is 5.35. The number of nitrogens with one attached hydrogen (secondary N) is 1. The van der Waals surface area contributed by atoms with Crippen LogP contribution < -0.4 is 10.4 Å². The molecule has 0 bridgehead atoms. The molecule has 2 heterocycles. The third kappa shape index (κ3) is 5.19. The second-order valence-electron chi connectivity index (χ2n) is 7.97. The average molecular weight is 362 g/mol. The van der Waals surface area contributed by atoms with Crippen LogP contribution >= 0.6 is 0 Å². The van der Waals surface area contributed by atoms with Gasteiger partial charge in [0.25, 0.3) is 5.91 Å². The van der Waals surface area contributed by atoms with Gasteiger partial charge in [0.1, 0.15) is 11.2 Å². The fraction of sp³-hybridized carbons (Fsp3) is 0.500. The van der Waals surface area contributed by atoms with Crippen LogP contribution in [0.3, 0.4) is 0 Å². The summed E-state index contributed by atoms with van der Waals surface area (Å²) < 4.78 is 1.00. The average Bonchev–Trinajstić information content (AvgIpc) is 2.81. The van der Waals surface area contributed by atoms with E-state index in [1.807, 2.05) is 13.8 Å². The van der Waals surface area contributed by atoms with Gasteiger partial charge in [-0.25, -0.2) is 4.99 Å². The van der Waals surface area contributed by atoms with Gasteiger partial charge in [0, 0.05) is 17.3 Å². The van der Waals surface area contributed by atoms with Crippen molar-refractivity contribution in [1.82, 2.24) is 10.3 Å². The fourth-order valence-corrected chi connectivity index (χ4v) is 1.94. The van der Waals surface area contributed by atoms with Crippen molar-refractivity contribution in [3.63, 3.8) is 0 Å². The molecule has 1 atom stereocenters. The molecule has 0 saturated carbocycles. The zero-order valence-electron chi connectivity index (χ0n) is 16.3. The molecule has 1 amide bonds. The predicted octanol–water partition coefficient (Wildman–Crippen LogP) is -0.129. The Labute approximate surface area is 153 Å². The SMILES string of the molecule is CC(C)C1(C)N=C(c2ncc(C=O)cc2C(=O)[O-])NC1=O.C[N+](C)(C)C. The van der Waals surface area contributed by atoms with E-state index in [4.69, 9.17) is 0 Å². The highest BCUT2D eigenvalue weighted by Crippen LogP contribution is 2.27. The Morgan fingerprint density at radius 1 is 1.31 bits per heavy atom. The number of carbonyl (C=O) groups is 3. The number of hydrogen-bond acceptors (Lipinski definition) is 6. The fourth-order valence-electron chi connectivity index (χ4n) is 1.94. The zero-order chi connectivity index (χ0) is 20.3. The molecule has 1 aliphatic rings. The third-order valence-electron chi connectivity index (χ3n) is 3.65. The number of amides is 1. The maximum absolute atomic E-state index is 12.1. The first-order chi connectivity index (χ1) is 11.8. The van der Waals surface area contributed by atoms with Gasteiger partial charge in [-0.1, -0.05) is 13.8 Å². The monoisotopic (exact) mass is 362 g/mol. The first-order valence-electron chi connectivity index (χ1n) is 8.16. The molecule has 8 nitrogen and oxygen atoms in total. The summed E-state index contributed by atoms with van der Waals surface area (Å²) in [5.41, 5.74) is -1.18. The van der Waals surface area contributed by atoms with Crippen LogP contribution in [0.25, 0.3) is 0 Å².